The van der Waals surface area contributed by atoms with E-state index in [1.54, 1.807) is 24.3 Å². The molecule has 1 amide bonds. The van der Waals surface area contributed by atoms with Crippen molar-refractivity contribution < 1.29 is 42.7 Å². The number of ether oxygens (including phenoxy) is 7. The Hall–Kier alpha value is -2.24. The number of methoxy groups -OCH3 is 1. The monoisotopic (exact) mass is 457 g/mol. The number of anilines is 1. The van der Waals surface area contributed by atoms with Gasteiger partial charge in [0.15, 0.2) is 0 Å². The number of amides is 1. The van der Waals surface area contributed by atoms with E-state index in [0.29, 0.717) is 78.4 Å². The number of nitrogens with one attached hydrogen (secondary N) is 1. The summed E-state index contributed by atoms with van der Waals surface area (Å²) in [5, 5.41) is 2.70. The highest BCUT2D eigenvalue weighted by Gasteiger charge is 2.00. The van der Waals surface area contributed by atoms with Crippen LogP contribution in [0.15, 0.2) is 24.3 Å². The Bertz CT molecular complexity index is 610. The maximum absolute atomic E-state index is 11.0. The topological polar surface area (TPSA) is 111 Å². The second kappa shape index (κ2) is 19.4. The van der Waals surface area contributed by atoms with Crippen LogP contribution in [0, 0.1) is 0 Å². The van der Waals surface area contributed by atoms with Crippen LogP contribution in [-0.4, -0.2) is 91.7 Å². The summed E-state index contributed by atoms with van der Waals surface area (Å²) in [4.78, 5) is 21.8. The van der Waals surface area contributed by atoms with Crippen molar-refractivity contribution in [1.82, 2.24) is 0 Å². The molecule has 0 fully saturated rings. The number of esters is 1. The zero-order chi connectivity index (χ0) is 23.3. The average Bonchev–Trinajstić information content (AvgIpc) is 2.78. The van der Waals surface area contributed by atoms with Gasteiger partial charge in [-0.25, -0.2) is 0 Å². The Morgan fingerprint density at radius 3 is 1.56 bits per heavy atom. The molecule has 0 unspecified atom stereocenters. The van der Waals surface area contributed by atoms with Gasteiger partial charge in [0.25, 0.3) is 0 Å². The van der Waals surface area contributed by atoms with E-state index < -0.39 is 0 Å². The lowest BCUT2D eigenvalue weighted by Crippen LogP contribution is -2.14. The first-order valence-corrected chi connectivity index (χ1v) is 10.6. The Balaban J connectivity index is 1.78. The molecule has 1 aromatic carbocycles. The lowest BCUT2D eigenvalue weighted by atomic mass is 10.3. The van der Waals surface area contributed by atoms with Crippen LogP contribution in [0.25, 0.3) is 0 Å². The van der Waals surface area contributed by atoms with E-state index in [9.17, 15) is 9.59 Å². The largest absolute Gasteiger partial charge is 0.491 e. The summed E-state index contributed by atoms with van der Waals surface area (Å²) < 4.78 is 36.9. The van der Waals surface area contributed by atoms with E-state index in [2.05, 4.69) is 10.1 Å². The molecular weight excluding hydrogens is 422 g/mol. The quantitative estimate of drug-likeness (QED) is 0.231. The Kier molecular flexibility index (Phi) is 16.9. The third kappa shape index (κ3) is 16.5. The van der Waals surface area contributed by atoms with Crippen molar-refractivity contribution in [2.75, 3.05) is 85.1 Å². The van der Waals surface area contributed by atoms with Crippen LogP contribution in [0.3, 0.4) is 0 Å². The molecule has 10 nitrogen and oxygen atoms in total. The van der Waals surface area contributed by atoms with Crippen LogP contribution in [-0.2, 0) is 38.0 Å². The van der Waals surface area contributed by atoms with Crippen LogP contribution < -0.4 is 10.1 Å². The molecule has 182 valence electrons. The minimum atomic E-state index is -0.287. The zero-order valence-electron chi connectivity index (χ0n) is 19.0. The molecule has 0 aliphatic rings. The van der Waals surface area contributed by atoms with Gasteiger partial charge < -0.3 is 38.5 Å². The molecule has 10 heteroatoms. The van der Waals surface area contributed by atoms with Gasteiger partial charge in [-0.1, -0.05) is 0 Å². The highest BCUT2D eigenvalue weighted by Crippen LogP contribution is 2.15. The lowest BCUT2D eigenvalue weighted by Gasteiger charge is -2.09. The summed E-state index contributed by atoms with van der Waals surface area (Å²) in [5.74, 6) is 0.318. The van der Waals surface area contributed by atoms with Crippen molar-refractivity contribution >= 4 is 17.6 Å². The predicted molar refractivity (Wildman–Crippen MR) is 117 cm³/mol. The van der Waals surface area contributed by atoms with E-state index in [1.165, 1.54) is 14.0 Å². The summed E-state index contributed by atoms with van der Waals surface area (Å²) in [6.45, 7) is 6.43. The molecule has 0 spiro atoms. The molecule has 1 aromatic rings. The Labute approximate surface area is 189 Å². The number of hydrogen-bond acceptors (Lipinski definition) is 9. The smallest absolute Gasteiger partial charge is 0.307 e. The SMILES string of the molecule is COC(=O)CCOCCOCCOCCOCCOCCOc1ccc(NC(C)=O)cc1. The number of carbonyl (C=O) groups is 2. The lowest BCUT2D eigenvalue weighted by molar-refractivity contribution is -0.142. The number of rotatable bonds is 20. The minimum Gasteiger partial charge on any atom is -0.491 e. The first kappa shape index (κ1) is 27.8. The molecule has 0 radical (unpaired) electrons. The molecular formula is C22H35NO9. The third-order valence-corrected chi connectivity index (χ3v) is 3.84. The summed E-state index contributed by atoms with van der Waals surface area (Å²) in [7, 11) is 1.35. The Morgan fingerprint density at radius 1 is 0.688 bits per heavy atom. The molecule has 1 N–H and O–H groups in total. The second-order valence-corrected chi connectivity index (χ2v) is 6.44. The van der Waals surface area contributed by atoms with Gasteiger partial charge in [0.05, 0.1) is 79.6 Å². The standard InChI is InChI=1S/C22H35NO9/c1-19(24)23-20-3-5-21(6-4-20)32-18-17-31-16-15-30-14-13-29-12-11-28-10-9-27-8-7-22(25)26-2/h3-6H,7-18H2,1-2H3,(H,23,24). The van der Waals surface area contributed by atoms with Gasteiger partial charge in [-0.15, -0.1) is 0 Å². The minimum absolute atomic E-state index is 0.109. The zero-order valence-corrected chi connectivity index (χ0v) is 19.0. The molecule has 0 bridgehead atoms. The molecule has 1 rings (SSSR count). The van der Waals surface area contributed by atoms with E-state index in [0.717, 1.165) is 5.69 Å². The first-order valence-electron chi connectivity index (χ1n) is 10.6. The molecule has 0 saturated carbocycles. The number of benzene rings is 1. The molecule has 32 heavy (non-hydrogen) atoms. The van der Waals surface area contributed by atoms with E-state index in [1.807, 2.05) is 0 Å². The summed E-state index contributed by atoms with van der Waals surface area (Å²) in [6, 6.07) is 7.15. The van der Waals surface area contributed by atoms with Gasteiger partial charge in [0.2, 0.25) is 5.91 Å². The fourth-order valence-corrected chi connectivity index (χ4v) is 2.30. The van der Waals surface area contributed by atoms with Crippen molar-refractivity contribution in [2.24, 2.45) is 0 Å². The predicted octanol–water partition coefficient (Wildman–Crippen LogP) is 1.67. The van der Waals surface area contributed by atoms with E-state index in [4.69, 9.17) is 28.4 Å². The Morgan fingerprint density at radius 2 is 1.12 bits per heavy atom. The van der Waals surface area contributed by atoms with Crippen molar-refractivity contribution in [3.8, 4) is 5.75 Å². The van der Waals surface area contributed by atoms with Gasteiger partial charge in [0, 0.05) is 12.6 Å². The van der Waals surface area contributed by atoms with Crippen LogP contribution >= 0.6 is 0 Å². The van der Waals surface area contributed by atoms with Crippen LogP contribution in [0.1, 0.15) is 13.3 Å². The van der Waals surface area contributed by atoms with E-state index in [-0.39, 0.29) is 18.3 Å². The number of carbonyl (C=O) groups excluding carboxylic acids is 2. The highest BCUT2D eigenvalue weighted by atomic mass is 16.6. The van der Waals surface area contributed by atoms with E-state index >= 15 is 0 Å². The summed E-state index contributed by atoms with van der Waals surface area (Å²) in [5.41, 5.74) is 0.730. The molecule has 0 aliphatic carbocycles. The molecule has 0 saturated heterocycles. The van der Waals surface area contributed by atoms with Crippen molar-refractivity contribution in [3.05, 3.63) is 24.3 Å². The maximum atomic E-state index is 11.0. The molecule has 0 heterocycles. The van der Waals surface area contributed by atoms with Gasteiger partial charge in [-0.3, -0.25) is 9.59 Å². The molecule has 0 aromatic heterocycles. The number of hydrogen-bond donors (Lipinski definition) is 1. The normalized spacial score (nSPS) is 10.7. The fourth-order valence-electron chi connectivity index (χ4n) is 2.30. The molecule has 0 atom stereocenters. The van der Waals surface area contributed by atoms with Crippen molar-refractivity contribution in [3.63, 3.8) is 0 Å². The van der Waals surface area contributed by atoms with Crippen LogP contribution in [0.4, 0.5) is 5.69 Å². The summed E-state index contributed by atoms with van der Waals surface area (Å²) in [6.07, 6.45) is 0.245. The summed E-state index contributed by atoms with van der Waals surface area (Å²) >= 11 is 0. The fraction of sp³-hybridized carbons (Fsp3) is 0.636. The van der Waals surface area contributed by atoms with Gasteiger partial charge >= 0.3 is 5.97 Å². The maximum Gasteiger partial charge on any atom is 0.307 e. The van der Waals surface area contributed by atoms with Crippen molar-refractivity contribution in [1.29, 1.82) is 0 Å². The van der Waals surface area contributed by atoms with Crippen molar-refractivity contribution in [2.45, 2.75) is 13.3 Å². The van der Waals surface area contributed by atoms with Crippen LogP contribution in [0.2, 0.25) is 0 Å². The third-order valence-electron chi connectivity index (χ3n) is 3.84. The van der Waals surface area contributed by atoms with Gasteiger partial charge in [-0.2, -0.15) is 0 Å². The van der Waals surface area contributed by atoms with Crippen LogP contribution in [0.5, 0.6) is 5.75 Å². The van der Waals surface area contributed by atoms with Gasteiger partial charge in [-0.05, 0) is 24.3 Å². The first-order chi connectivity index (χ1) is 15.6. The second-order valence-electron chi connectivity index (χ2n) is 6.44. The average molecular weight is 458 g/mol. The van der Waals surface area contributed by atoms with Gasteiger partial charge in [0.1, 0.15) is 12.4 Å². The molecule has 0 aliphatic heterocycles. The highest BCUT2D eigenvalue weighted by molar-refractivity contribution is 5.88.